The molecule has 1 amide bonds. The number of amides is 1. The summed E-state index contributed by atoms with van der Waals surface area (Å²) in [5.41, 5.74) is 1.07. The average molecular weight is 346 g/mol. The second-order valence-electron chi connectivity index (χ2n) is 7.10. The Morgan fingerprint density at radius 3 is 2.68 bits per heavy atom. The van der Waals surface area contributed by atoms with E-state index in [0.717, 1.165) is 19.5 Å². The van der Waals surface area contributed by atoms with Crippen LogP contribution < -0.4 is 5.69 Å². The summed E-state index contributed by atoms with van der Waals surface area (Å²) in [7, 11) is 1.60. The van der Waals surface area contributed by atoms with Gasteiger partial charge in [0.25, 0.3) is 0 Å². The van der Waals surface area contributed by atoms with Gasteiger partial charge < -0.3 is 9.64 Å². The van der Waals surface area contributed by atoms with E-state index in [1.165, 1.54) is 4.57 Å². The number of pyridine rings is 1. The van der Waals surface area contributed by atoms with E-state index in [2.05, 4.69) is 18.8 Å². The molecule has 2 aromatic rings. The Labute approximate surface area is 147 Å². The minimum Gasteiger partial charge on any atom is -0.383 e. The number of nitrogens with zero attached hydrogens (tertiary/aromatic N) is 4. The lowest BCUT2D eigenvalue weighted by atomic mass is 9.92. The lowest BCUT2D eigenvalue weighted by Gasteiger charge is -2.35. The number of piperidine rings is 1. The van der Waals surface area contributed by atoms with Gasteiger partial charge in [-0.1, -0.05) is 13.8 Å². The van der Waals surface area contributed by atoms with Crippen LogP contribution in [-0.2, 0) is 22.6 Å². The topological polar surface area (TPSA) is 69.4 Å². The summed E-state index contributed by atoms with van der Waals surface area (Å²) in [6, 6.07) is 3.62. The Morgan fingerprint density at radius 1 is 1.28 bits per heavy atom. The zero-order valence-corrected chi connectivity index (χ0v) is 15.1. The number of ether oxygens (including phenoxy) is 1. The number of rotatable bonds is 5. The molecule has 3 heterocycles. The highest BCUT2D eigenvalue weighted by atomic mass is 16.5. The van der Waals surface area contributed by atoms with Gasteiger partial charge in [0, 0.05) is 26.4 Å². The quantitative estimate of drug-likeness (QED) is 0.819. The molecule has 7 nitrogen and oxygen atoms in total. The van der Waals surface area contributed by atoms with Crippen molar-refractivity contribution in [2.45, 2.75) is 33.4 Å². The third-order valence-electron chi connectivity index (χ3n) is 4.81. The van der Waals surface area contributed by atoms with E-state index in [-0.39, 0.29) is 18.1 Å². The normalized spacial score (nSPS) is 21.0. The number of hydrogen-bond acceptors (Lipinski definition) is 4. The Balaban J connectivity index is 1.89. The highest BCUT2D eigenvalue weighted by Crippen LogP contribution is 2.21. The van der Waals surface area contributed by atoms with Crippen molar-refractivity contribution in [3.05, 3.63) is 28.8 Å². The molecule has 1 aliphatic rings. The lowest BCUT2D eigenvalue weighted by Crippen LogP contribution is -2.45. The van der Waals surface area contributed by atoms with Crippen LogP contribution in [0.25, 0.3) is 11.2 Å². The van der Waals surface area contributed by atoms with Crippen molar-refractivity contribution in [3.63, 3.8) is 0 Å². The monoisotopic (exact) mass is 346 g/mol. The standard InChI is InChI=1S/C18H26N4O3/c1-13-9-14(2)11-20(10-13)16(23)12-22-15-5-4-6-19-17(15)21(18(22)24)7-8-25-3/h4-6,13-14H,7-12H2,1-3H3/t13-,14-/m1/s1. The Hall–Kier alpha value is -2.15. The van der Waals surface area contributed by atoms with Gasteiger partial charge in [-0.2, -0.15) is 0 Å². The summed E-state index contributed by atoms with van der Waals surface area (Å²) in [5, 5.41) is 0. The lowest BCUT2D eigenvalue weighted by molar-refractivity contribution is -0.134. The van der Waals surface area contributed by atoms with Crippen LogP contribution in [0.15, 0.2) is 23.1 Å². The fraction of sp³-hybridized carbons (Fsp3) is 0.611. The van der Waals surface area contributed by atoms with Crippen molar-refractivity contribution in [1.82, 2.24) is 19.0 Å². The van der Waals surface area contributed by atoms with Gasteiger partial charge in [0.2, 0.25) is 5.91 Å². The van der Waals surface area contributed by atoms with Crippen molar-refractivity contribution in [3.8, 4) is 0 Å². The van der Waals surface area contributed by atoms with Crippen LogP contribution >= 0.6 is 0 Å². The van der Waals surface area contributed by atoms with Crippen LogP contribution in [-0.4, -0.2) is 51.7 Å². The molecule has 2 aromatic heterocycles. The van der Waals surface area contributed by atoms with Crippen molar-refractivity contribution in [1.29, 1.82) is 0 Å². The van der Waals surface area contributed by atoms with Crippen LogP contribution in [0.3, 0.4) is 0 Å². The fourth-order valence-electron chi connectivity index (χ4n) is 3.79. The van der Waals surface area contributed by atoms with Crippen molar-refractivity contribution >= 4 is 17.1 Å². The Morgan fingerprint density at radius 2 is 2.00 bits per heavy atom. The average Bonchev–Trinajstić information content (AvgIpc) is 2.84. The van der Waals surface area contributed by atoms with Crippen molar-refractivity contribution in [2.75, 3.05) is 26.8 Å². The Kier molecular flexibility index (Phi) is 5.22. The Bertz CT molecular complexity index is 800. The van der Waals surface area contributed by atoms with E-state index in [0.29, 0.717) is 36.2 Å². The van der Waals surface area contributed by atoms with Gasteiger partial charge in [0.15, 0.2) is 5.65 Å². The molecule has 1 fully saturated rings. The molecule has 7 heteroatoms. The molecule has 0 saturated carbocycles. The van der Waals surface area contributed by atoms with E-state index in [1.807, 2.05) is 11.0 Å². The van der Waals surface area contributed by atoms with Crippen LogP contribution in [0.2, 0.25) is 0 Å². The molecule has 136 valence electrons. The van der Waals surface area contributed by atoms with E-state index < -0.39 is 0 Å². The highest BCUT2D eigenvalue weighted by molar-refractivity contribution is 5.79. The van der Waals surface area contributed by atoms with Gasteiger partial charge in [-0.05, 0) is 30.4 Å². The molecular weight excluding hydrogens is 320 g/mol. The number of aromatic nitrogens is 3. The molecule has 1 aliphatic heterocycles. The second kappa shape index (κ2) is 7.39. The molecule has 2 atom stereocenters. The second-order valence-corrected chi connectivity index (χ2v) is 7.10. The SMILES string of the molecule is COCCn1c(=O)n(CC(=O)N2C[C@H](C)C[C@@H](C)C2)c2cccnc21. The number of hydrogen-bond donors (Lipinski definition) is 0. The molecule has 0 radical (unpaired) electrons. The van der Waals surface area contributed by atoms with Crippen LogP contribution in [0.4, 0.5) is 0 Å². The van der Waals surface area contributed by atoms with Crippen molar-refractivity contribution in [2.24, 2.45) is 11.8 Å². The van der Waals surface area contributed by atoms with Gasteiger partial charge >= 0.3 is 5.69 Å². The zero-order chi connectivity index (χ0) is 18.0. The third kappa shape index (κ3) is 3.61. The summed E-state index contributed by atoms with van der Waals surface area (Å²) in [4.78, 5) is 31.8. The first-order valence-corrected chi connectivity index (χ1v) is 8.82. The largest absolute Gasteiger partial charge is 0.383 e. The molecule has 0 bridgehead atoms. The molecule has 0 spiro atoms. The van der Waals surface area contributed by atoms with Gasteiger partial charge in [0.1, 0.15) is 6.54 Å². The summed E-state index contributed by atoms with van der Waals surface area (Å²) >= 11 is 0. The van der Waals surface area contributed by atoms with Gasteiger partial charge in [-0.15, -0.1) is 0 Å². The molecule has 0 aliphatic carbocycles. The van der Waals surface area contributed by atoms with E-state index in [9.17, 15) is 9.59 Å². The summed E-state index contributed by atoms with van der Waals surface area (Å²) in [6.45, 7) is 6.76. The zero-order valence-electron chi connectivity index (χ0n) is 15.1. The minimum atomic E-state index is -0.211. The molecular formula is C18H26N4O3. The molecule has 1 saturated heterocycles. The van der Waals surface area contributed by atoms with Crippen molar-refractivity contribution < 1.29 is 9.53 Å². The predicted octanol–water partition coefficient (Wildman–Crippen LogP) is 1.35. The number of likely N-dealkylation sites (tertiary alicyclic amines) is 1. The maximum Gasteiger partial charge on any atom is 0.330 e. The predicted molar refractivity (Wildman–Crippen MR) is 95.4 cm³/mol. The van der Waals surface area contributed by atoms with Gasteiger partial charge in [-0.3, -0.25) is 13.9 Å². The number of carbonyl (C=O) groups excluding carboxylic acids is 1. The highest BCUT2D eigenvalue weighted by Gasteiger charge is 2.26. The number of fused-ring (bicyclic) bond motifs is 1. The van der Waals surface area contributed by atoms with Crippen LogP contribution in [0.5, 0.6) is 0 Å². The van der Waals surface area contributed by atoms with E-state index in [1.54, 1.807) is 23.9 Å². The first-order chi connectivity index (χ1) is 12.0. The molecule has 0 aromatic carbocycles. The van der Waals surface area contributed by atoms with E-state index in [4.69, 9.17) is 4.74 Å². The summed E-state index contributed by atoms with van der Waals surface area (Å²) in [5.74, 6) is 0.985. The molecule has 0 N–H and O–H groups in total. The van der Waals surface area contributed by atoms with Gasteiger partial charge in [-0.25, -0.2) is 9.78 Å². The smallest absolute Gasteiger partial charge is 0.330 e. The minimum absolute atomic E-state index is 0.00450. The first-order valence-electron chi connectivity index (χ1n) is 8.82. The van der Waals surface area contributed by atoms with Gasteiger partial charge in [0.05, 0.1) is 18.7 Å². The van der Waals surface area contributed by atoms with Crippen LogP contribution in [0, 0.1) is 11.8 Å². The first kappa shape index (κ1) is 17.7. The maximum atomic E-state index is 12.8. The number of carbonyl (C=O) groups is 1. The summed E-state index contributed by atoms with van der Waals surface area (Å²) in [6.07, 6.45) is 2.80. The molecule has 0 unspecified atom stereocenters. The molecule has 25 heavy (non-hydrogen) atoms. The number of methoxy groups -OCH3 is 1. The third-order valence-corrected chi connectivity index (χ3v) is 4.81. The maximum absolute atomic E-state index is 12.8. The van der Waals surface area contributed by atoms with E-state index >= 15 is 0 Å². The fourth-order valence-corrected chi connectivity index (χ4v) is 3.79. The molecule has 3 rings (SSSR count). The van der Waals surface area contributed by atoms with Crippen LogP contribution in [0.1, 0.15) is 20.3 Å². The number of imidazole rings is 1. The summed E-state index contributed by atoms with van der Waals surface area (Å²) < 4.78 is 8.20.